The predicted octanol–water partition coefficient (Wildman–Crippen LogP) is 4.25. The highest BCUT2D eigenvalue weighted by Crippen LogP contribution is 2.32. The van der Waals surface area contributed by atoms with Gasteiger partial charge in [-0.05, 0) is 50.6 Å². The van der Waals surface area contributed by atoms with Crippen molar-refractivity contribution in [2.24, 2.45) is 5.73 Å². The van der Waals surface area contributed by atoms with Gasteiger partial charge in [0.05, 0.1) is 26.8 Å². The van der Waals surface area contributed by atoms with E-state index < -0.39 is 23.8 Å². The van der Waals surface area contributed by atoms with Crippen LogP contribution < -0.4 is 11.1 Å². The third kappa shape index (κ3) is 5.23. The van der Waals surface area contributed by atoms with Crippen LogP contribution in [-0.2, 0) is 4.79 Å². The first-order valence-corrected chi connectivity index (χ1v) is 11.8. The Balaban J connectivity index is 1.61. The second-order valence-corrected chi connectivity index (χ2v) is 10.1. The van der Waals surface area contributed by atoms with Crippen molar-refractivity contribution in [1.82, 2.24) is 14.5 Å². The van der Waals surface area contributed by atoms with Crippen molar-refractivity contribution >= 4 is 40.1 Å². The molecule has 4 rings (SSSR count). The van der Waals surface area contributed by atoms with Crippen molar-refractivity contribution in [2.45, 2.75) is 38.3 Å². The molecule has 1 saturated heterocycles. The fourth-order valence-corrected chi connectivity index (χ4v) is 4.84. The summed E-state index contributed by atoms with van der Waals surface area (Å²) in [6, 6.07) is 11.7. The van der Waals surface area contributed by atoms with Crippen molar-refractivity contribution < 1.29 is 18.4 Å². The second-order valence-electron chi connectivity index (χ2n) is 8.94. The van der Waals surface area contributed by atoms with Gasteiger partial charge in [0, 0.05) is 18.6 Å². The van der Waals surface area contributed by atoms with E-state index in [-0.39, 0.29) is 27.3 Å². The number of rotatable bonds is 6. The lowest BCUT2D eigenvalue weighted by Gasteiger charge is -2.20. The quantitative estimate of drug-likeness (QED) is 0.389. The molecule has 0 spiro atoms. The summed E-state index contributed by atoms with van der Waals surface area (Å²) in [6.45, 7) is 4.13. The Bertz CT molecular complexity index is 1350. The number of aromatic nitrogens is 2. The van der Waals surface area contributed by atoms with Crippen molar-refractivity contribution in [3.63, 3.8) is 0 Å². The summed E-state index contributed by atoms with van der Waals surface area (Å²) in [6.07, 6.45) is -0.616. The Morgan fingerprint density at radius 1 is 1.31 bits per heavy atom. The minimum atomic E-state index is -2.65. The first kappa shape index (κ1) is 24.5. The second kappa shape index (κ2) is 9.56. The molecule has 8 nitrogen and oxygen atoms in total. The van der Waals surface area contributed by atoms with Gasteiger partial charge in [0.1, 0.15) is 11.6 Å². The number of carbonyl (C=O) groups is 2. The van der Waals surface area contributed by atoms with E-state index in [0.29, 0.717) is 25.0 Å². The molecule has 0 bridgehead atoms. The van der Waals surface area contributed by atoms with Crippen molar-refractivity contribution in [1.29, 1.82) is 5.26 Å². The summed E-state index contributed by atoms with van der Waals surface area (Å²) in [4.78, 5) is 31.9. The average molecular weight is 499 g/mol. The van der Waals surface area contributed by atoms with E-state index in [0.717, 1.165) is 16.9 Å². The van der Waals surface area contributed by atoms with Gasteiger partial charge < -0.3 is 15.2 Å². The monoisotopic (exact) mass is 498 g/mol. The molecule has 1 aliphatic heterocycles. The van der Waals surface area contributed by atoms with Crippen LogP contribution in [0.3, 0.4) is 0 Å². The minimum Gasteiger partial charge on any atom is -0.336 e. The van der Waals surface area contributed by atoms with Crippen molar-refractivity contribution in [3.05, 3.63) is 57.8 Å². The van der Waals surface area contributed by atoms with Crippen LogP contribution in [0.1, 0.15) is 47.3 Å². The number of para-hydroxylation sites is 2. The van der Waals surface area contributed by atoms with Gasteiger partial charge in [0.2, 0.25) is 5.95 Å². The Morgan fingerprint density at radius 2 is 2.06 bits per heavy atom. The molecule has 0 saturated carbocycles. The molecular formula is C24H24F2N6O2S. The van der Waals surface area contributed by atoms with E-state index >= 15 is 0 Å². The van der Waals surface area contributed by atoms with Crippen LogP contribution in [0.2, 0.25) is 0 Å². The first-order valence-electron chi connectivity index (χ1n) is 10.9. The molecule has 11 heteroatoms. The van der Waals surface area contributed by atoms with Crippen molar-refractivity contribution in [2.75, 3.05) is 18.4 Å². The topological polar surface area (TPSA) is 117 Å². The van der Waals surface area contributed by atoms with Crippen LogP contribution >= 0.6 is 11.3 Å². The highest BCUT2D eigenvalue weighted by atomic mass is 32.1. The number of hydrogen-bond acceptors (Lipinski definition) is 6. The smallest absolute Gasteiger partial charge is 0.272 e. The van der Waals surface area contributed by atoms with Crippen LogP contribution in [0.15, 0.2) is 48.0 Å². The maximum Gasteiger partial charge on any atom is 0.272 e. The van der Waals surface area contributed by atoms with Crippen LogP contribution in [0.5, 0.6) is 0 Å². The number of nitrogens with two attached hydrogens (primary N) is 1. The summed E-state index contributed by atoms with van der Waals surface area (Å²) >= 11 is 0.729. The van der Waals surface area contributed by atoms with Crippen LogP contribution in [0.4, 0.5) is 14.7 Å². The molecule has 0 radical (unpaired) electrons. The van der Waals surface area contributed by atoms with Crippen LogP contribution in [0.25, 0.3) is 11.0 Å². The summed E-state index contributed by atoms with van der Waals surface area (Å²) in [7, 11) is 0. The number of thiophene rings is 1. The standard InChI is InChI=1S/C24H24F2N6O2S/c1-24(2,28)11-14(12-27)22(34)31-10-9-15(13-31)32-17-6-4-3-5-16(17)29-23(32)30-21(33)19-8-7-18(35-19)20(25)26/h3-8,11,15,20H,9-10,13,28H2,1-2H3,(H,29,30,33)/b14-11+/t15-/m0/s1. The lowest BCUT2D eigenvalue weighted by atomic mass is 10.0. The number of imidazole rings is 1. The number of amides is 2. The average Bonchev–Trinajstić information content (AvgIpc) is 3.54. The number of anilines is 1. The molecule has 3 N–H and O–H groups in total. The molecule has 0 unspecified atom stereocenters. The number of alkyl halides is 2. The molecule has 182 valence electrons. The number of nitrogens with zero attached hydrogens (tertiary/aromatic N) is 4. The fourth-order valence-electron chi connectivity index (χ4n) is 4.08. The normalized spacial score (nSPS) is 16.7. The van der Waals surface area contributed by atoms with E-state index in [1.54, 1.807) is 24.8 Å². The largest absolute Gasteiger partial charge is 0.336 e. The van der Waals surface area contributed by atoms with E-state index in [1.807, 2.05) is 28.8 Å². The van der Waals surface area contributed by atoms with Gasteiger partial charge in [-0.15, -0.1) is 11.3 Å². The number of benzene rings is 1. The Morgan fingerprint density at radius 3 is 2.71 bits per heavy atom. The minimum absolute atomic E-state index is 0.0188. The van der Waals surface area contributed by atoms with Gasteiger partial charge in [-0.25, -0.2) is 13.8 Å². The predicted molar refractivity (Wildman–Crippen MR) is 129 cm³/mol. The highest BCUT2D eigenvalue weighted by molar-refractivity contribution is 7.14. The molecule has 2 aromatic heterocycles. The Kier molecular flexibility index (Phi) is 6.69. The molecule has 1 fully saturated rings. The lowest BCUT2D eigenvalue weighted by molar-refractivity contribution is -0.125. The number of likely N-dealkylation sites (tertiary alicyclic amines) is 1. The molecule has 3 heterocycles. The number of hydrogen-bond donors (Lipinski definition) is 2. The zero-order valence-electron chi connectivity index (χ0n) is 19.2. The summed E-state index contributed by atoms with van der Waals surface area (Å²) < 4.78 is 27.8. The molecule has 1 aromatic carbocycles. The molecule has 1 atom stereocenters. The van der Waals surface area contributed by atoms with Gasteiger partial charge >= 0.3 is 0 Å². The maximum absolute atomic E-state index is 13.0. The van der Waals surface area contributed by atoms with Gasteiger partial charge in [0.25, 0.3) is 18.2 Å². The van der Waals surface area contributed by atoms with Crippen LogP contribution in [-0.4, -0.2) is 44.9 Å². The summed E-state index contributed by atoms with van der Waals surface area (Å²) in [5.74, 6) is -0.674. The Hall–Kier alpha value is -3.62. The lowest BCUT2D eigenvalue weighted by Crippen LogP contribution is -2.34. The molecule has 35 heavy (non-hydrogen) atoms. The fraction of sp³-hybridized carbons (Fsp3) is 0.333. The maximum atomic E-state index is 13.0. The third-order valence-electron chi connectivity index (χ3n) is 5.57. The zero-order chi connectivity index (χ0) is 25.3. The van der Waals surface area contributed by atoms with Gasteiger partial charge in [-0.2, -0.15) is 5.26 Å². The number of nitrogens with one attached hydrogen (secondary N) is 1. The number of halogens is 2. The first-order chi connectivity index (χ1) is 16.6. The number of fused-ring (bicyclic) bond motifs is 1. The molecular weight excluding hydrogens is 474 g/mol. The van der Waals surface area contributed by atoms with Gasteiger partial charge in [-0.3, -0.25) is 14.9 Å². The van der Waals surface area contributed by atoms with E-state index in [9.17, 15) is 23.6 Å². The molecule has 1 aliphatic rings. The zero-order valence-corrected chi connectivity index (χ0v) is 20.0. The third-order valence-corrected chi connectivity index (χ3v) is 6.66. The van der Waals surface area contributed by atoms with E-state index in [1.165, 1.54) is 18.2 Å². The summed E-state index contributed by atoms with van der Waals surface area (Å²) in [5.41, 5.74) is 6.53. The summed E-state index contributed by atoms with van der Waals surface area (Å²) in [5, 5.41) is 12.2. The molecule has 2 amide bonds. The van der Waals surface area contributed by atoms with Gasteiger partial charge in [-0.1, -0.05) is 12.1 Å². The highest BCUT2D eigenvalue weighted by Gasteiger charge is 2.32. The Labute approximate surface area is 204 Å². The van der Waals surface area contributed by atoms with Gasteiger partial charge in [0.15, 0.2) is 0 Å². The number of carbonyl (C=O) groups excluding carboxylic acids is 2. The van der Waals surface area contributed by atoms with Crippen LogP contribution in [0, 0.1) is 11.3 Å². The SMILES string of the molecule is CC(C)(N)/C=C(\C#N)C(=O)N1CC[C@H](n2c(NC(=O)c3ccc(C(F)F)s3)nc3ccccc32)C1. The van der Waals surface area contributed by atoms with E-state index in [4.69, 9.17) is 5.73 Å². The number of nitriles is 1. The molecule has 0 aliphatic carbocycles. The molecule has 3 aromatic rings. The van der Waals surface area contributed by atoms with Crippen molar-refractivity contribution in [3.8, 4) is 6.07 Å². The van der Waals surface area contributed by atoms with E-state index in [2.05, 4.69) is 10.3 Å².